The first-order valence-corrected chi connectivity index (χ1v) is 8.29. The maximum Gasteiger partial charge on any atom is 0.261 e. The van der Waals surface area contributed by atoms with Crippen molar-refractivity contribution in [3.8, 4) is 11.5 Å². The number of rotatable bonds is 5. The van der Waals surface area contributed by atoms with Crippen LogP contribution in [0.3, 0.4) is 0 Å². The van der Waals surface area contributed by atoms with Crippen LogP contribution in [0.25, 0.3) is 0 Å². The number of nitrogens with one attached hydrogen (secondary N) is 2. The fraction of sp³-hybridized carbons (Fsp3) is 0.263. The Morgan fingerprint density at radius 1 is 1.04 bits per heavy atom. The van der Waals surface area contributed by atoms with Gasteiger partial charge in [0.15, 0.2) is 5.11 Å². The highest BCUT2D eigenvalue weighted by Crippen LogP contribution is 2.24. The van der Waals surface area contributed by atoms with Crippen molar-refractivity contribution in [3.05, 3.63) is 53.6 Å². The van der Waals surface area contributed by atoms with E-state index in [-0.39, 0.29) is 11.0 Å². The predicted octanol–water partition coefficient (Wildman–Crippen LogP) is 3.95. The van der Waals surface area contributed by atoms with Crippen LogP contribution in [0.15, 0.2) is 42.5 Å². The van der Waals surface area contributed by atoms with E-state index in [0.717, 1.165) is 5.69 Å². The SMILES string of the molecule is COc1ccc(C(=O)NC(=S)Nc2ccc(C(C)C)cc2)c(OC)c1. The van der Waals surface area contributed by atoms with Crippen molar-refractivity contribution in [2.24, 2.45) is 0 Å². The van der Waals surface area contributed by atoms with Crippen LogP contribution in [-0.2, 0) is 0 Å². The Hall–Kier alpha value is -2.60. The summed E-state index contributed by atoms with van der Waals surface area (Å²) in [5, 5.41) is 5.88. The molecular weight excluding hydrogens is 336 g/mol. The Morgan fingerprint density at radius 3 is 2.28 bits per heavy atom. The van der Waals surface area contributed by atoms with Gasteiger partial charge in [-0.25, -0.2) is 0 Å². The van der Waals surface area contributed by atoms with Crippen molar-refractivity contribution in [3.63, 3.8) is 0 Å². The fourth-order valence-corrected chi connectivity index (χ4v) is 2.48. The molecule has 0 bridgehead atoms. The molecule has 25 heavy (non-hydrogen) atoms. The van der Waals surface area contributed by atoms with Gasteiger partial charge in [-0.15, -0.1) is 0 Å². The van der Waals surface area contributed by atoms with E-state index < -0.39 is 0 Å². The third-order valence-corrected chi connectivity index (χ3v) is 3.92. The average molecular weight is 358 g/mol. The first kappa shape index (κ1) is 18.7. The van der Waals surface area contributed by atoms with Gasteiger partial charge < -0.3 is 14.8 Å². The molecule has 5 nitrogen and oxygen atoms in total. The van der Waals surface area contributed by atoms with E-state index in [0.29, 0.717) is 23.0 Å². The van der Waals surface area contributed by atoms with Gasteiger partial charge in [-0.2, -0.15) is 0 Å². The number of carbonyl (C=O) groups is 1. The average Bonchev–Trinajstić information content (AvgIpc) is 2.61. The lowest BCUT2D eigenvalue weighted by molar-refractivity contribution is 0.0974. The second kappa shape index (κ2) is 8.48. The zero-order chi connectivity index (χ0) is 18.4. The molecule has 6 heteroatoms. The highest BCUT2D eigenvalue weighted by molar-refractivity contribution is 7.80. The molecule has 2 aromatic carbocycles. The molecule has 0 aliphatic heterocycles. The van der Waals surface area contributed by atoms with Crippen LogP contribution in [0.5, 0.6) is 11.5 Å². The zero-order valence-corrected chi connectivity index (χ0v) is 15.6. The van der Waals surface area contributed by atoms with Crippen LogP contribution in [0, 0.1) is 0 Å². The van der Waals surface area contributed by atoms with E-state index >= 15 is 0 Å². The first-order chi connectivity index (χ1) is 11.9. The highest BCUT2D eigenvalue weighted by Gasteiger charge is 2.14. The third kappa shape index (κ3) is 4.93. The molecule has 132 valence electrons. The number of benzene rings is 2. The second-order valence-corrected chi connectivity index (χ2v) is 6.16. The van der Waals surface area contributed by atoms with Crippen LogP contribution in [0.1, 0.15) is 35.7 Å². The van der Waals surface area contributed by atoms with E-state index in [1.165, 1.54) is 12.7 Å². The van der Waals surface area contributed by atoms with E-state index in [1.54, 1.807) is 25.3 Å². The maximum atomic E-state index is 12.4. The van der Waals surface area contributed by atoms with Crippen molar-refractivity contribution < 1.29 is 14.3 Å². The molecule has 2 rings (SSSR count). The maximum absolute atomic E-state index is 12.4. The van der Waals surface area contributed by atoms with Gasteiger partial charge in [-0.05, 0) is 48.0 Å². The largest absolute Gasteiger partial charge is 0.497 e. The normalized spacial score (nSPS) is 10.3. The summed E-state index contributed by atoms with van der Waals surface area (Å²) >= 11 is 5.22. The molecule has 0 saturated carbocycles. The van der Waals surface area contributed by atoms with E-state index in [1.807, 2.05) is 24.3 Å². The highest BCUT2D eigenvalue weighted by atomic mass is 32.1. The Bertz CT molecular complexity index is 758. The number of carbonyl (C=O) groups excluding carboxylic acids is 1. The summed E-state index contributed by atoms with van der Waals surface area (Å²) in [6, 6.07) is 12.9. The van der Waals surface area contributed by atoms with E-state index in [9.17, 15) is 4.79 Å². The van der Waals surface area contributed by atoms with Gasteiger partial charge in [0, 0.05) is 11.8 Å². The summed E-state index contributed by atoms with van der Waals surface area (Å²) in [4.78, 5) is 12.4. The summed E-state index contributed by atoms with van der Waals surface area (Å²) < 4.78 is 10.4. The predicted molar refractivity (Wildman–Crippen MR) is 104 cm³/mol. The Kier molecular flexibility index (Phi) is 6.36. The second-order valence-electron chi connectivity index (χ2n) is 5.75. The summed E-state index contributed by atoms with van der Waals surface area (Å²) in [5.74, 6) is 1.14. The fourth-order valence-electron chi connectivity index (χ4n) is 2.27. The molecule has 0 spiro atoms. The first-order valence-electron chi connectivity index (χ1n) is 7.89. The van der Waals surface area contributed by atoms with Crippen LogP contribution in [-0.4, -0.2) is 25.2 Å². The molecule has 0 radical (unpaired) electrons. The molecule has 2 aromatic rings. The zero-order valence-electron chi connectivity index (χ0n) is 14.8. The molecule has 0 fully saturated rings. The number of hydrogen-bond donors (Lipinski definition) is 2. The lowest BCUT2D eigenvalue weighted by Crippen LogP contribution is -2.34. The van der Waals surface area contributed by atoms with Crippen LogP contribution < -0.4 is 20.1 Å². The molecule has 0 aliphatic rings. The van der Waals surface area contributed by atoms with Gasteiger partial charge in [0.2, 0.25) is 0 Å². The number of thiocarbonyl (C=S) groups is 1. The molecule has 2 N–H and O–H groups in total. The quantitative estimate of drug-likeness (QED) is 0.793. The minimum Gasteiger partial charge on any atom is -0.497 e. The number of hydrogen-bond acceptors (Lipinski definition) is 4. The molecule has 0 atom stereocenters. The summed E-state index contributed by atoms with van der Waals surface area (Å²) in [6.45, 7) is 4.27. The van der Waals surface area contributed by atoms with Crippen LogP contribution >= 0.6 is 12.2 Å². The lowest BCUT2D eigenvalue weighted by atomic mass is 10.0. The number of methoxy groups -OCH3 is 2. The summed E-state index contributed by atoms with van der Waals surface area (Å²) in [5.41, 5.74) is 2.43. The topological polar surface area (TPSA) is 59.6 Å². The molecule has 0 unspecified atom stereocenters. The number of anilines is 1. The van der Waals surface area contributed by atoms with Gasteiger partial charge in [-0.1, -0.05) is 26.0 Å². The van der Waals surface area contributed by atoms with E-state index in [2.05, 4.69) is 24.5 Å². The number of ether oxygens (including phenoxy) is 2. The minimum atomic E-state index is -0.351. The smallest absolute Gasteiger partial charge is 0.261 e. The van der Waals surface area contributed by atoms with E-state index in [4.69, 9.17) is 21.7 Å². The van der Waals surface area contributed by atoms with Gasteiger partial charge in [0.25, 0.3) is 5.91 Å². The minimum absolute atomic E-state index is 0.222. The molecule has 0 aromatic heterocycles. The monoisotopic (exact) mass is 358 g/mol. The van der Waals surface area contributed by atoms with Crippen molar-refractivity contribution in [2.75, 3.05) is 19.5 Å². The molecule has 0 saturated heterocycles. The summed E-state index contributed by atoms with van der Waals surface area (Å²) in [6.07, 6.45) is 0. The standard InChI is InChI=1S/C19H22N2O3S/c1-12(2)13-5-7-14(8-6-13)20-19(25)21-18(22)16-10-9-15(23-3)11-17(16)24-4/h5-12H,1-4H3,(H2,20,21,22,25). The molecule has 0 aliphatic carbocycles. The summed E-state index contributed by atoms with van der Waals surface area (Å²) in [7, 11) is 3.05. The van der Waals surface area contributed by atoms with Gasteiger partial charge in [0.05, 0.1) is 19.8 Å². The molecule has 0 heterocycles. The van der Waals surface area contributed by atoms with Gasteiger partial charge >= 0.3 is 0 Å². The third-order valence-electron chi connectivity index (χ3n) is 3.72. The Morgan fingerprint density at radius 2 is 1.72 bits per heavy atom. The van der Waals surface area contributed by atoms with Crippen molar-refractivity contribution in [2.45, 2.75) is 19.8 Å². The van der Waals surface area contributed by atoms with Crippen molar-refractivity contribution >= 4 is 28.9 Å². The van der Waals surface area contributed by atoms with Crippen molar-refractivity contribution in [1.29, 1.82) is 0 Å². The van der Waals surface area contributed by atoms with Crippen molar-refractivity contribution in [1.82, 2.24) is 5.32 Å². The molecule has 1 amide bonds. The Balaban J connectivity index is 2.03. The van der Waals surface area contributed by atoms with Crippen LogP contribution in [0.4, 0.5) is 5.69 Å². The Labute approximate surface area is 153 Å². The van der Waals surface area contributed by atoms with Crippen LogP contribution in [0.2, 0.25) is 0 Å². The van der Waals surface area contributed by atoms with Gasteiger partial charge in [-0.3, -0.25) is 10.1 Å². The lowest BCUT2D eigenvalue weighted by Gasteiger charge is -2.13. The van der Waals surface area contributed by atoms with Gasteiger partial charge in [0.1, 0.15) is 11.5 Å². The number of amides is 1. The molecular formula is C19H22N2O3S.